The molecule has 134 valence electrons. The van der Waals surface area contributed by atoms with Gasteiger partial charge in [-0.1, -0.05) is 6.07 Å². The molecule has 0 saturated carbocycles. The fraction of sp³-hybridized carbons (Fsp3) is 0.0526. The highest BCUT2D eigenvalue weighted by molar-refractivity contribution is 6.00. The number of carbonyl (C=O) groups is 1. The summed E-state index contributed by atoms with van der Waals surface area (Å²) in [6.45, 7) is 1.87. The van der Waals surface area contributed by atoms with Gasteiger partial charge in [0.15, 0.2) is 0 Å². The summed E-state index contributed by atoms with van der Waals surface area (Å²) in [6, 6.07) is 14.7. The second-order valence-electron chi connectivity index (χ2n) is 5.94. The maximum atomic E-state index is 12.6. The number of anilines is 3. The third-order valence-electron chi connectivity index (χ3n) is 3.95. The molecular weight excluding hydrogens is 342 g/mol. The van der Waals surface area contributed by atoms with E-state index in [4.69, 9.17) is 0 Å². The molecule has 0 aliphatic rings. The van der Waals surface area contributed by atoms with Gasteiger partial charge in [0, 0.05) is 23.0 Å². The van der Waals surface area contributed by atoms with Crippen molar-refractivity contribution in [3.05, 3.63) is 72.2 Å². The van der Waals surface area contributed by atoms with Gasteiger partial charge in [0.25, 0.3) is 5.91 Å². The summed E-state index contributed by atoms with van der Waals surface area (Å²) in [5, 5.41) is 11.2. The van der Waals surface area contributed by atoms with Crippen molar-refractivity contribution in [2.45, 2.75) is 6.92 Å². The van der Waals surface area contributed by atoms with Gasteiger partial charge in [0.05, 0.1) is 17.3 Å². The van der Waals surface area contributed by atoms with Crippen LogP contribution in [0, 0.1) is 6.92 Å². The molecule has 4 aromatic rings. The van der Waals surface area contributed by atoms with Crippen LogP contribution in [0.3, 0.4) is 0 Å². The third-order valence-corrected chi connectivity index (χ3v) is 3.95. The summed E-state index contributed by atoms with van der Waals surface area (Å²) in [4.78, 5) is 21.2. The number of hydrogen-bond acceptors (Lipinski definition) is 6. The number of pyridine rings is 2. The van der Waals surface area contributed by atoms with Crippen LogP contribution in [0.2, 0.25) is 0 Å². The van der Waals surface area contributed by atoms with Crippen molar-refractivity contribution in [2.24, 2.45) is 0 Å². The van der Waals surface area contributed by atoms with Crippen molar-refractivity contribution in [1.82, 2.24) is 25.6 Å². The zero-order valence-corrected chi connectivity index (χ0v) is 14.5. The summed E-state index contributed by atoms with van der Waals surface area (Å²) >= 11 is 0. The molecule has 4 N–H and O–H groups in total. The van der Waals surface area contributed by atoms with Gasteiger partial charge < -0.3 is 5.32 Å². The van der Waals surface area contributed by atoms with Gasteiger partial charge in [-0.3, -0.25) is 20.7 Å². The minimum Gasteiger partial charge on any atom is -0.339 e. The van der Waals surface area contributed by atoms with Crippen molar-refractivity contribution in [1.29, 1.82) is 0 Å². The number of nitrogens with one attached hydrogen (secondary N) is 4. The summed E-state index contributed by atoms with van der Waals surface area (Å²) in [5.74, 6) is 0.692. The van der Waals surface area contributed by atoms with Crippen LogP contribution in [0.4, 0.5) is 17.3 Å². The molecule has 8 heteroatoms. The van der Waals surface area contributed by atoms with Crippen molar-refractivity contribution in [3.63, 3.8) is 0 Å². The van der Waals surface area contributed by atoms with Crippen molar-refractivity contribution >= 4 is 34.1 Å². The molecule has 3 aromatic heterocycles. The van der Waals surface area contributed by atoms with Crippen LogP contribution in [0.5, 0.6) is 0 Å². The molecule has 3 heterocycles. The number of amides is 1. The van der Waals surface area contributed by atoms with E-state index in [0.717, 1.165) is 22.3 Å². The van der Waals surface area contributed by atoms with Gasteiger partial charge in [-0.25, -0.2) is 9.97 Å². The Kier molecular flexibility index (Phi) is 4.36. The summed E-state index contributed by atoms with van der Waals surface area (Å²) in [7, 11) is 0. The van der Waals surface area contributed by atoms with Crippen LogP contribution in [-0.2, 0) is 0 Å². The topological polar surface area (TPSA) is 108 Å². The van der Waals surface area contributed by atoms with Crippen LogP contribution in [0.15, 0.2) is 60.9 Å². The molecule has 27 heavy (non-hydrogen) atoms. The molecule has 0 atom stereocenters. The third kappa shape index (κ3) is 3.69. The van der Waals surface area contributed by atoms with Gasteiger partial charge in [0.1, 0.15) is 11.6 Å². The number of H-pyrrole nitrogens is 1. The number of aromatic amines is 1. The number of carbonyl (C=O) groups excluding carboxylic acids is 1. The van der Waals surface area contributed by atoms with E-state index in [1.54, 1.807) is 36.7 Å². The van der Waals surface area contributed by atoms with Crippen molar-refractivity contribution < 1.29 is 4.79 Å². The molecule has 1 amide bonds. The lowest BCUT2D eigenvalue weighted by Crippen LogP contribution is -2.30. The van der Waals surface area contributed by atoms with Gasteiger partial charge in [-0.2, -0.15) is 5.10 Å². The van der Waals surface area contributed by atoms with E-state index >= 15 is 0 Å². The number of hydrogen-bond donors (Lipinski definition) is 4. The summed E-state index contributed by atoms with van der Waals surface area (Å²) in [6.07, 6.45) is 3.40. The number of aryl methyl sites for hydroxylation is 1. The zero-order valence-electron chi connectivity index (χ0n) is 14.5. The molecule has 0 unspecified atom stereocenters. The Bertz CT molecular complexity index is 1090. The molecule has 4 rings (SSSR count). The van der Waals surface area contributed by atoms with Gasteiger partial charge in [0.2, 0.25) is 0 Å². The minimum atomic E-state index is -0.321. The molecule has 0 bridgehead atoms. The van der Waals surface area contributed by atoms with Gasteiger partial charge in [-0.05, 0) is 49.4 Å². The van der Waals surface area contributed by atoms with E-state index in [9.17, 15) is 4.79 Å². The largest absolute Gasteiger partial charge is 0.339 e. The fourth-order valence-electron chi connectivity index (χ4n) is 2.61. The number of aromatic nitrogens is 4. The van der Waals surface area contributed by atoms with Crippen LogP contribution in [0.25, 0.3) is 10.9 Å². The lowest BCUT2D eigenvalue weighted by Gasteiger charge is -2.13. The molecule has 0 saturated heterocycles. The summed E-state index contributed by atoms with van der Waals surface area (Å²) < 4.78 is 0. The lowest BCUT2D eigenvalue weighted by molar-refractivity contribution is 0.0963. The predicted octanol–water partition coefficient (Wildman–Crippen LogP) is 3.16. The number of fused-ring (bicyclic) bond motifs is 1. The highest BCUT2D eigenvalue weighted by atomic mass is 16.2. The lowest BCUT2D eigenvalue weighted by atomic mass is 10.2. The van der Waals surface area contributed by atoms with E-state index in [-0.39, 0.29) is 5.91 Å². The second kappa shape index (κ2) is 7.12. The number of hydrazine groups is 1. The van der Waals surface area contributed by atoms with E-state index in [1.165, 1.54) is 0 Å². The molecule has 0 radical (unpaired) electrons. The Morgan fingerprint density at radius 1 is 1.11 bits per heavy atom. The Hall–Kier alpha value is -3.94. The average molecular weight is 359 g/mol. The first-order chi connectivity index (χ1) is 13.2. The highest BCUT2D eigenvalue weighted by Crippen LogP contribution is 2.22. The predicted molar refractivity (Wildman–Crippen MR) is 104 cm³/mol. The maximum absolute atomic E-state index is 12.6. The fourth-order valence-corrected chi connectivity index (χ4v) is 2.61. The average Bonchev–Trinajstić information content (AvgIpc) is 3.15. The first-order valence-electron chi connectivity index (χ1n) is 8.34. The standard InChI is InChI=1S/C19H17N7O/c1-12-5-8-15(19(27)26-25-17-4-2-3-9-20-17)18(22-12)23-14-7-6-13-11-21-24-16(13)10-14/h2-11H,1H3,(H,20,25)(H,21,24)(H,22,23)(H,26,27). The number of rotatable bonds is 5. The smallest absolute Gasteiger partial charge is 0.273 e. The van der Waals surface area contributed by atoms with Crippen molar-refractivity contribution in [3.8, 4) is 0 Å². The monoisotopic (exact) mass is 359 g/mol. The Balaban J connectivity index is 1.56. The normalized spacial score (nSPS) is 10.6. The molecule has 0 aliphatic heterocycles. The highest BCUT2D eigenvalue weighted by Gasteiger charge is 2.14. The Morgan fingerprint density at radius 2 is 2.04 bits per heavy atom. The molecule has 0 aliphatic carbocycles. The first-order valence-corrected chi connectivity index (χ1v) is 8.34. The SMILES string of the molecule is Cc1ccc(C(=O)NNc2ccccn2)c(Nc2ccc3cn[nH]c3c2)n1. The molecule has 0 fully saturated rings. The summed E-state index contributed by atoms with van der Waals surface area (Å²) in [5.41, 5.74) is 8.34. The van der Waals surface area contributed by atoms with Gasteiger partial charge >= 0.3 is 0 Å². The first kappa shape index (κ1) is 16.5. The molecule has 8 nitrogen and oxygen atoms in total. The Labute approximate surface area is 155 Å². The van der Waals surface area contributed by atoms with Crippen molar-refractivity contribution in [2.75, 3.05) is 10.7 Å². The molecular formula is C19H17N7O. The number of benzene rings is 1. The van der Waals surface area contributed by atoms with E-state index < -0.39 is 0 Å². The molecule has 0 spiro atoms. The van der Waals surface area contributed by atoms with Crippen LogP contribution >= 0.6 is 0 Å². The molecule has 1 aromatic carbocycles. The van der Waals surface area contributed by atoms with Crippen LogP contribution < -0.4 is 16.2 Å². The second-order valence-corrected chi connectivity index (χ2v) is 5.94. The van der Waals surface area contributed by atoms with E-state index in [2.05, 4.69) is 36.3 Å². The minimum absolute atomic E-state index is 0.321. The maximum Gasteiger partial charge on any atom is 0.273 e. The van der Waals surface area contributed by atoms with Crippen LogP contribution in [-0.4, -0.2) is 26.1 Å². The van der Waals surface area contributed by atoms with E-state index in [0.29, 0.717) is 17.2 Å². The quantitative estimate of drug-likeness (QED) is 0.408. The van der Waals surface area contributed by atoms with Gasteiger partial charge in [-0.15, -0.1) is 0 Å². The Morgan fingerprint density at radius 3 is 2.89 bits per heavy atom. The van der Waals surface area contributed by atoms with E-state index in [1.807, 2.05) is 31.2 Å². The number of nitrogens with zero attached hydrogens (tertiary/aromatic N) is 3. The van der Waals surface area contributed by atoms with Crippen LogP contribution in [0.1, 0.15) is 16.1 Å². The zero-order chi connectivity index (χ0) is 18.6.